The zero-order valence-corrected chi connectivity index (χ0v) is 26.1. The van der Waals surface area contributed by atoms with Gasteiger partial charge in [-0.2, -0.15) is 0 Å². The Labute approximate surface area is 252 Å². The molecule has 41 heavy (non-hydrogen) atoms. The number of hydrogen-bond acceptors (Lipinski definition) is 5. The van der Waals surface area contributed by atoms with Crippen molar-refractivity contribution in [2.45, 2.75) is 57.6 Å². The van der Waals surface area contributed by atoms with Gasteiger partial charge in [-0.25, -0.2) is 8.42 Å². The number of anilines is 1. The first-order valence-corrected chi connectivity index (χ1v) is 15.3. The summed E-state index contributed by atoms with van der Waals surface area (Å²) in [5, 5.41) is 3.59. The predicted molar refractivity (Wildman–Crippen MR) is 163 cm³/mol. The van der Waals surface area contributed by atoms with Gasteiger partial charge in [-0.05, 0) is 75.2 Å². The molecule has 0 fully saturated rings. The van der Waals surface area contributed by atoms with Crippen LogP contribution in [0.25, 0.3) is 0 Å². The van der Waals surface area contributed by atoms with Crippen LogP contribution < -0.4 is 14.4 Å². The number of rotatable bonds is 12. The average Bonchev–Trinajstić information content (AvgIpc) is 2.92. The van der Waals surface area contributed by atoms with Crippen molar-refractivity contribution in [3.63, 3.8) is 0 Å². The molecular formula is C30H35Cl2N3O5S. The number of nitrogens with one attached hydrogen (secondary N) is 1. The number of methoxy groups -OCH3 is 1. The predicted octanol–water partition coefficient (Wildman–Crippen LogP) is 5.84. The topological polar surface area (TPSA) is 96.0 Å². The molecule has 3 aromatic rings. The van der Waals surface area contributed by atoms with E-state index in [4.69, 9.17) is 27.9 Å². The van der Waals surface area contributed by atoms with Gasteiger partial charge in [-0.15, -0.1) is 0 Å². The summed E-state index contributed by atoms with van der Waals surface area (Å²) in [7, 11) is -2.77. The highest BCUT2D eigenvalue weighted by atomic mass is 35.5. The summed E-state index contributed by atoms with van der Waals surface area (Å²) in [5.74, 6) is -0.534. The average molecular weight is 621 g/mol. The maximum Gasteiger partial charge on any atom is 0.264 e. The molecule has 220 valence electrons. The molecule has 0 radical (unpaired) electrons. The molecule has 0 unspecified atom stereocenters. The lowest BCUT2D eigenvalue weighted by molar-refractivity contribution is -0.140. The fourth-order valence-electron chi connectivity index (χ4n) is 4.26. The molecule has 2 amide bonds. The van der Waals surface area contributed by atoms with Crippen LogP contribution in [0.1, 0.15) is 38.3 Å². The summed E-state index contributed by atoms with van der Waals surface area (Å²) in [6, 6.07) is 16.8. The van der Waals surface area contributed by atoms with Gasteiger partial charge in [0.25, 0.3) is 10.0 Å². The van der Waals surface area contributed by atoms with Crippen LogP contribution in [-0.4, -0.2) is 50.9 Å². The van der Waals surface area contributed by atoms with E-state index in [-0.39, 0.29) is 34.1 Å². The molecule has 8 nitrogen and oxygen atoms in total. The van der Waals surface area contributed by atoms with Gasteiger partial charge in [0.1, 0.15) is 18.3 Å². The number of ether oxygens (including phenoxy) is 1. The van der Waals surface area contributed by atoms with E-state index in [1.807, 2.05) is 20.8 Å². The summed E-state index contributed by atoms with van der Waals surface area (Å²) in [5.41, 5.74) is 1.80. The maximum atomic E-state index is 14.1. The van der Waals surface area contributed by atoms with Crippen LogP contribution in [0, 0.1) is 6.92 Å². The second kappa shape index (κ2) is 14.1. The third-order valence-electron chi connectivity index (χ3n) is 6.39. The standard InChI is InChI=1S/C30H35Cl2N3O5S/c1-6-27(30(37)33-20(2)3)34(18-22-9-11-23(31)12-10-22)29(36)19-35(24-13-16-28(40-5)26(32)17-24)41(38,39)25-14-7-21(4)8-15-25/h7-17,20,27H,6,18-19H2,1-5H3,(H,33,37)/t27-/m0/s1. The summed E-state index contributed by atoms with van der Waals surface area (Å²) >= 11 is 12.4. The summed E-state index contributed by atoms with van der Waals surface area (Å²) < 4.78 is 34.2. The van der Waals surface area contributed by atoms with Crippen molar-refractivity contribution < 1.29 is 22.7 Å². The number of carbonyl (C=O) groups excluding carboxylic acids is 2. The molecule has 0 heterocycles. The molecule has 1 atom stereocenters. The van der Waals surface area contributed by atoms with Crippen molar-refractivity contribution in [2.75, 3.05) is 18.0 Å². The number of sulfonamides is 1. The van der Waals surface area contributed by atoms with Gasteiger partial charge in [0, 0.05) is 17.6 Å². The number of hydrogen-bond donors (Lipinski definition) is 1. The Kier molecular flexibility index (Phi) is 11.1. The minimum atomic E-state index is -4.22. The van der Waals surface area contributed by atoms with E-state index in [0.29, 0.717) is 17.2 Å². The minimum absolute atomic E-state index is 0.0108. The van der Waals surface area contributed by atoms with Crippen molar-refractivity contribution in [1.82, 2.24) is 10.2 Å². The highest BCUT2D eigenvalue weighted by molar-refractivity contribution is 7.92. The van der Waals surface area contributed by atoms with Crippen molar-refractivity contribution in [3.8, 4) is 5.75 Å². The quantitative estimate of drug-likeness (QED) is 0.275. The first kappa shape index (κ1) is 32.2. The minimum Gasteiger partial charge on any atom is -0.495 e. The van der Waals surface area contributed by atoms with Gasteiger partial charge < -0.3 is 15.0 Å². The van der Waals surface area contributed by atoms with Crippen LogP contribution in [-0.2, 0) is 26.2 Å². The Morgan fingerprint density at radius 3 is 2.15 bits per heavy atom. The largest absolute Gasteiger partial charge is 0.495 e. The SMILES string of the molecule is CC[C@@H](C(=O)NC(C)C)N(Cc1ccc(Cl)cc1)C(=O)CN(c1ccc(OC)c(Cl)c1)S(=O)(=O)c1ccc(C)cc1. The maximum absolute atomic E-state index is 14.1. The van der Waals surface area contributed by atoms with Crippen molar-refractivity contribution in [1.29, 1.82) is 0 Å². The van der Waals surface area contributed by atoms with Gasteiger partial charge in [0.15, 0.2) is 0 Å². The molecule has 0 aromatic heterocycles. The first-order valence-electron chi connectivity index (χ1n) is 13.1. The fraction of sp³-hybridized carbons (Fsp3) is 0.333. The molecule has 1 N–H and O–H groups in total. The number of halogens is 2. The van der Waals surface area contributed by atoms with Crippen LogP contribution in [0.3, 0.4) is 0 Å². The smallest absolute Gasteiger partial charge is 0.264 e. The molecular weight excluding hydrogens is 585 g/mol. The van der Waals surface area contributed by atoms with Crippen molar-refractivity contribution in [3.05, 3.63) is 87.9 Å². The zero-order valence-electron chi connectivity index (χ0n) is 23.7. The molecule has 11 heteroatoms. The van der Waals surface area contributed by atoms with E-state index in [9.17, 15) is 18.0 Å². The Morgan fingerprint density at radius 1 is 0.976 bits per heavy atom. The molecule has 3 aromatic carbocycles. The van der Waals surface area contributed by atoms with Crippen molar-refractivity contribution in [2.24, 2.45) is 0 Å². The first-order chi connectivity index (χ1) is 19.4. The van der Waals surface area contributed by atoms with E-state index >= 15 is 0 Å². The van der Waals surface area contributed by atoms with E-state index < -0.39 is 28.5 Å². The van der Waals surface area contributed by atoms with E-state index in [1.54, 1.807) is 43.3 Å². The number of nitrogens with zero attached hydrogens (tertiary/aromatic N) is 2. The normalized spacial score (nSPS) is 12.1. The number of benzene rings is 3. The Balaban J connectivity index is 2.09. The van der Waals surface area contributed by atoms with E-state index in [0.717, 1.165) is 15.4 Å². The molecule has 3 rings (SSSR count). The Bertz CT molecular complexity index is 1460. The molecule has 0 saturated heterocycles. The van der Waals surface area contributed by atoms with Gasteiger partial charge >= 0.3 is 0 Å². The zero-order chi connectivity index (χ0) is 30.3. The number of aryl methyl sites for hydroxylation is 1. The molecule has 0 saturated carbocycles. The lowest BCUT2D eigenvalue weighted by Crippen LogP contribution is -2.53. The van der Waals surface area contributed by atoms with Gasteiger partial charge in [0.05, 0.1) is 22.7 Å². The summed E-state index contributed by atoms with van der Waals surface area (Å²) in [4.78, 5) is 28.7. The van der Waals surface area contributed by atoms with Crippen LogP contribution in [0.4, 0.5) is 5.69 Å². The second-order valence-electron chi connectivity index (χ2n) is 9.88. The number of carbonyl (C=O) groups is 2. The lowest BCUT2D eigenvalue weighted by Gasteiger charge is -2.33. The third kappa shape index (κ3) is 8.15. The summed E-state index contributed by atoms with van der Waals surface area (Å²) in [6.07, 6.45) is 0.316. The van der Waals surface area contributed by atoms with Crippen LogP contribution in [0.5, 0.6) is 5.75 Å². The van der Waals surface area contributed by atoms with Crippen LogP contribution in [0.2, 0.25) is 10.0 Å². The molecule has 0 aliphatic rings. The lowest BCUT2D eigenvalue weighted by atomic mass is 10.1. The summed E-state index contributed by atoms with van der Waals surface area (Å²) in [6.45, 7) is 6.82. The van der Waals surface area contributed by atoms with E-state index in [2.05, 4.69) is 5.32 Å². The third-order valence-corrected chi connectivity index (χ3v) is 8.73. The molecule has 0 aliphatic heterocycles. The molecule has 0 bridgehead atoms. The number of amides is 2. The molecule has 0 spiro atoms. The highest BCUT2D eigenvalue weighted by Gasteiger charge is 2.34. The Morgan fingerprint density at radius 2 is 1.61 bits per heavy atom. The monoisotopic (exact) mass is 619 g/mol. The second-order valence-corrected chi connectivity index (χ2v) is 12.6. The van der Waals surface area contributed by atoms with Gasteiger partial charge in [-0.1, -0.05) is 60.0 Å². The van der Waals surface area contributed by atoms with Crippen LogP contribution >= 0.6 is 23.2 Å². The highest BCUT2D eigenvalue weighted by Crippen LogP contribution is 2.32. The Hall–Kier alpha value is -3.27. The van der Waals surface area contributed by atoms with Crippen molar-refractivity contribution >= 4 is 50.7 Å². The van der Waals surface area contributed by atoms with E-state index in [1.165, 1.54) is 42.3 Å². The van der Waals surface area contributed by atoms with Crippen LogP contribution in [0.15, 0.2) is 71.6 Å². The molecule has 0 aliphatic carbocycles. The van der Waals surface area contributed by atoms with Gasteiger partial charge in [-0.3, -0.25) is 13.9 Å². The fourth-order valence-corrected chi connectivity index (χ4v) is 6.05. The van der Waals surface area contributed by atoms with Gasteiger partial charge in [0.2, 0.25) is 11.8 Å².